The summed E-state index contributed by atoms with van der Waals surface area (Å²) in [4.78, 5) is 11.0. The quantitative estimate of drug-likeness (QED) is 0.688. The number of amides is 1. The van der Waals surface area contributed by atoms with Gasteiger partial charge in [-0.1, -0.05) is 0 Å². The fraction of sp³-hybridized carbons (Fsp3) is 0.909. The second-order valence-corrected chi connectivity index (χ2v) is 5.36. The number of hydrogen-bond acceptors (Lipinski definition) is 1. The molecule has 2 heteroatoms. The van der Waals surface area contributed by atoms with E-state index in [0.29, 0.717) is 11.3 Å². The molecule has 0 heterocycles. The van der Waals surface area contributed by atoms with E-state index in [1.165, 1.54) is 32.1 Å². The van der Waals surface area contributed by atoms with Crippen LogP contribution in [0.1, 0.15) is 38.5 Å². The molecule has 2 bridgehead atoms. The van der Waals surface area contributed by atoms with Gasteiger partial charge in [0.05, 0.1) is 0 Å². The SMILES string of the molecule is NC(=O)C1CC1C12CCC(CC1)C2. The lowest BCUT2D eigenvalue weighted by Gasteiger charge is -2.26. The molecule has 3 saturated carbocycles. The second kappa shape index (κ2) is 2.28. The molecule has 1 amide bonds. The summed E-state index contributed by atoms with van der Waals surface area (Å²) in [5.74, 6) is 1.87. The third-order valence-electron chi connectivity index (χ3n) is 4.74. The van der Waals surface area contributed by atoms with Crippen molar-refractivity contribution >= 4 is 5.91 Å². The van der Waals surface area contributed by atoms with E-state index in [2.05, 4.69) is 0 Å². The zero-order valence-corrected chi connectivity index (χ0v) is 7.96. The lowest BCUT2D eigenvalue weighted by Crippen LogP contribution is -2.22. The van der Waals surface area contributed by atoms with Gasteiger partial charge in [0, 0.05) is 5.92 Å². The molecule has 2 unspecified atom stereocenters. The molecule has 2 atom stereocenters. The normalized spacial score (nSPS) is 52.5. The number of primary amides is 1. The molecule has 3 fully saturated rings. The van der Waals surface area contributed by atoms with Gasteiger partial charge in [0.1, 0.15) is 0 Å². The van der Waals surface area contributed by atoms with Crippen molar-refractivity contribution in [2.45, 2.75) is 38.5 Å². The third kappa shape index (κ3) is 0.976. The Hall–Kier alpha value is -0.530. The number of carbonyl (C=O) groups is 1. The Balaban J connectivity index is 1.76. The van der Waals surface area contributed by atoms with Crippen molar-refractivity contribution in [3.8, 4) is 0 Å². The Morgan fingerprint density at radius 3 is 2.38 bits per heavy atom. The minimum atomic E-state index is -0.0466. The predicted octanol–water partition coefficient (Wildman–Crippen LogP) is 1.69. The maximum atomic E-state index is 11.0. The second-order valence-electron chi connectivity index (χ2n) is 5.36. The van der Waals surface area contributed by atoms with Gasteiger partial charge < -0.3 is 5.73 Å². The van der Waals surface area contributed by atoms with E-state index in [9.17, 15) is 4.79 Å². The average Bonchev–Trinajstić information content (AvgIpc) is 2.71. The lowest BCUT2D eigenvalue weighted by atomic mass is 9.78. The molecule has 13 heavy (non-hydrogen) atoms. The molecule has 3 aliphatic carbocycles. The van der Waals surface area contributed by atoms with Crippen LogP contribution >= 0.6 is 0 Å². The molecule has 0 radical (unpaired) electrons. The molecule has 3 rings (SSSR count). The van der Waals surface area contributed by atoms with Crippen molar-refractivity contribution < 1.29 is 4.79 Å². The molecule has 3 aliphatic rings. The standard InChI is InChI=1S/C11H17NO/c12-10(13)8-5-9(8)11-3-1-7(6-11)2-4-11/h7-9H,1-6H2,(H2,12,13). The van der Waals surface area contributed by atoms with Crippen molar-refractivity contribution in [1.29, 1.82) is 0 Å². The molecular weight excluding hydrogens is 162 g/mol. The van der Waals surface area contributed by atoms with Crippen molar-refractivity contribution in [3.63, 3.8) is 0 Å². The molecule has 0 saturated heterocycles. The summed E-state index contributed by atoms with van der Waals surface area (Å²) < 4.78 is 0. The highest BCUT2D eigenvalue weighted by atomic mass is 16.1. The van der Waals surface area contributed by atoms with Gasteiger partial charge in [-0.3, -0.25) is 4.79 Å². The van der Waals surface area contributed by atoms with E-state index in [1.54, 1.807) is 0 Å². The van der Waals surface area contributed by atoms with Crippen LogP contribution in [0.2, 0.25) is 0 Å². The number of carbonyl (C=O) groups excluding carboxylic acids is 1. The van der Waals surface area contributed by atoms with E-state index in [-0.39, 0.29) is 11.8 Å². The molecule has 2 nitrogen and oxygen atoms in total. The molecule has 2 N–H and O–H groups in total. The number of nitrogens with two attached hydrogens (primary N) is 1. The van der Waals surface area contributed by atoms with E-state index < -0.39 is 0 Å². The summed E-state index contributed by atoms with van der Waals surface area (Å²) in [5, 5.41) is 0. The molecule has 0 spiro atoms. The molecule has 0 aromatic rings. The maximum Gasteiger partial charge on any atom is 0.220 e. The fourth-order valence-electron chi connectivity index (χ4n) is 3.94. The van der Waals surface area contributed by atoms with Crippen LogP contribution in [0.25, 0.3) is 0 Å². The van der Waals surface area contributed by atoms with Crippen molar-refractivity contribution in [2.24, 2.45) is 28.9 Å². The largest absolute Gasteiger partial charge is 0.369 e. The van der Waals surface area contributed by atoms with E-state index in [0.717, 1.165) is 12.3 Å². The maximum absolute atomic E-state index is 11.0. The van der Waals surface area contributed by atoms with Crippen molar-refractivity contribution in [2.75, 3.05) is 0 Å². The van der Waals surface area contributed by atoms with Crippen LogP contribution in [0.5, 0.6) is 0 Å². The van der Waals surface area contributed by atoms with Crippen LogP contribution in [0.3, 0.4) is 0 Å². The monoisotopic (exact) mass is 179 g/mol. The van der Waals surface area contributed by atoms with Gasteiger partial charge in [0.2, 0.25) is 5.91 Å². The van der Waals surface area contributed by atoms with Crippen LogP contribution in [-0.2, 0) is 4.79 Å². The Labute approximate surface area is 78.9 Å². The highest BCUT2D eigenvalue weighted by Crippen LogP contribution is 2.66. The van der Waals surface area contributed by atoms with Crippen molar-refractivity contribution in [3.05, 3.63) is 0 Å². The van der Waals surface area contributed by atoms with E-state index in [1.807, 2.05) is 0 Å². The minimum absolute atomic E-state index is 0.0466. The topological polar surface area (TPSA) is 43.1 Å². The first-order chi connectivity index (χ1) is 6.21. The van der Waals surface area contributed by atoms with Crippen LogP contribution in [0.4, 0.5) is 0 Å². The van der Waals surface area contributed by atoms with Gasteiger partial charge >= 0.3 is 0 Å². The third-order valence-corrected chi connectivity index (χ3v) is 4.74. The Bertz CT molecular complexity index is 253. The molecular formula is C11H17NO. The lowest BCUT2D eigenvalue weighted by molar-refractivity contribution is -0.119. The first-order valence-electron chi connectivity index (χ1n) is 5.51. The number of fused-ring (bicyclic) bond motifs is 2. The van der Waals surface area contributed by atoms with Gasteiger partial charge in [-0.15, -0.1) is 0 Å². The molecule has 72 valence electrons. The van der Waals surface area contributed by atoms with Crippen LogP contribution in [-0.4, -0.2) is 5.91 Å². The summed E-state index contributed by atoms with van der Waals surface area (Å²) in [6.07, 6.45) is 8.10. The van der Waals surface area contributed by atoms with Gasteiger partial charge in [0.15, 0.2) is 0 Å². The minimum Gasteiger partial charge on any atom is -0.369 e. The summed E-state index contributed by atoms with van der Waals surface area (Å²) in [6.45, 7) is 0. The van der Waals surface area contributed by atoms with Gasteiger partial charge in [-0.05, 0) is 55.8 Å². The van der Waals surface area contributed by atoms with Crippen molar-refractivity contribution in [1.82, 2.24) is 0 Å². The zero-order valence-electron chi connectivity index (χ0n) is 7.96. The number of hydrogen-bond donors (Lipinski definition) is 1. The average molecular weight is 179 g/mol. The van der Waals surface area contributed by atoms with Crippen LogP contribution in [0, 0.1) is 23.2 Å². The van der Waals surface area contributed by atoms with Gasteiger partial charge in [-0.25, -0.2) is 0 Å². The summed E-state index contributed by atoms with van der Waals surface area (Å²) in [6, 6.07) is 0. The van der Waals surface area contributed by atoms with E-state index in [4.69, 9.17) is 5.73 Å². The predicted molar refractivity (Wildman–Crippen MR) is 49.8 cm³/mol. The summed E-state index contributed by atoms with van der Waals surface area (Å²) >= 11 is 0. The van der Waals surface area contributed by atoms with Gasteiger partial charge in [0.25, 0.3) is 0 Å². The smallest absolute Gasteiger partial charge is 0.220 e. The highest BCUT2D eigenvalue weighted by molar-refractivity contribution is 5.79. The Kier molecular flexibility index (Phi) is 1.38. The first-order valence-corrected chi connectivity index (χ1v) is 5.51. The Morgan fingerprint density at radius 1 is 1.31 bits per heavy atom. The molecule has 0 aliphatic heterocycles. The highest BCUT2D eigenvalue weighted by Gasteiger charge is 2.59. The molecule has 0 aromatic heterocycles. The zero-order chi connectivity index (χ0) is 9.05. The van der Waals surface area contributed by atoms with Gasteiger partial charge in [-0.2, -0.15) is 0 Å². The molecule has 0 aromatic carbocycles. The summed E-state index contributed by atoms with van der Waals surface area (Å²) in [7, 11) is 0. The van der Waals surface area contributed by atoms with Crippen LogP contribution in [0.15, 0.2) is 0 Å². The van der Waals surface area contributed by atoms with Crippen LogP contribution < -0.4 is 5.73 Å². The fourth-order valence-corrected chi connectivity index (χ4v) is 3.94. The Morgan fingerprint density at radius 2 is 2.00 bits per heavy atom. The summed E-state index contributed by atoms with van der Waals surface area (Å²) in [5.41, 5.74) is 5.92. The van der Waals surface area contributed by atoms with E-state index >= 15 is 0 Å². The first kappa shape index (κ1) is 7.84. The number of rotatable bonds is 2.